The van der Waals surface area contributed by atoms with E-state index in [-0.39, 0.29) is 17.0 Å². The van der Waals surface area contributed by atoms with Gasteiger partial charge < -0.3 is 10.0 Å². The van der Waals surface area contributed by atoms with Crippen molar-refractivity contribution in [2.24, 2.45) is 0 Å². The van der Waals surface area contributed by atoms with Crippen molar-refractivity contribution in [1.29, 1.82) is 0 Å². The van der Waals surface area contributed by atoms with Crippen molar-refractivity contribution in [1.82, 2.24) is 14.3 Å². The van der Waals surface area contributed by atoms with E-state index in [1.807, 2.05) is 0 Å². The van der Waals surface area contributed by atoms with Crippen LogP contribution in [0.3, 0.4) is 0 Å². The van der Waals surface area contributed by atoms with E-state index >= 15 is 0 Å². The fourth-order valence-electron chi connectivity index (χ4n) is 2.54. The highest BCUT2D eigenvalue weighted by Gasteiger charge is 2.31. The van der Waals surface area contributed by atoms with Gasteiger partial charge in [0.15, 0.2) is 0 Å². The van der Waals surface area contributed by atoms with Gasteiger partial charge in [0.1, 0.15) is 11.2 Å². The second kappa shape index (κ2) is 4.96. The summed E-state index contributed by atoms with van der Waals surface area (Å²) in [7, 11) is 0. The molecule has 0 bridgehead atoms. The molecule has 1 aliphatic heterocycles. The van der Waals surface area contributed by atoms with Crippen LogP contribution in [0.1, 0.15) is 30.1 Å². The van der Waals surface area contributed by atoms with E-state index in [4.69, 9.17) is 0 Å². The molecule has 0 atom stereocenters. The molecule has 3 rings (SSSR count). The molecule has 0 aromatic carbocycles. The summed E-state index contributed by atoms with van der Waals surface area (Å²) < 4.78 is 1.37. The quantitative estimate of drug-likeness (QED) is 0.837. The number of pyridine rings is 1. The molecule has 0 saturated carbocycles. The number of carbonyl (C=O) groups excluding carboxylic acids is 1. The lowest BCUT2D eigenvalue weighted by molar-refractivity contribution is -0.00208. The summed E-state index contributed by atoms with van der Waals surface area (Å²) in [6.07, 6.45) is 3.97. The fourth-order valence-corrected chi connectivity index (χ4v) is 2.54. The Kier molecular flexibility index (Phi) is 3.25. The lowest BCUT2D eigenvalue weighted by atomic mass is 9.93. The Morgan fingerprint density at radius 3 is 2.76 bits per heavy atom. The molecule has 1 fully saturated rings. The molecule has 2 aromatic heterocycles. The Hall–Kier alpha value is -2.21. The first-order chi connectivity index (χ1) is 9.98. The van der Waals surface area contributed by atoms with Gasteiger partial charge in [-0.3, -0.25) is 14.0 Å². The molecule has 3 heterocycles. The van der Waals surface area contributed by atoms with Crippen LogP contribution in [0.15, 0.2) is 35.4 Å². The number of hydrogen-bond acceptors (Lipinski definition) is 4. The van der Waals surface area contributed by atoms with Crippen molar-refractivity contribution < 1.29 is 9.90 Å². The third-order valence-electron chi connectivity index (χ3n) is 3.97. The van der Waals surface area contributed by atoms with Gasteiger partial charge in [0, 0.05) is 25.5 Å². The van der Waals surface area contributed by atoms with Gasteiger partial charge in [-0.1, -0.05) is 6.07 Å². The Morgan fingerprint density at radius 2 is 2.05 bits per heavy atom. The Balaban J connectivity index is 1.92. The van der Waals surface area contributed by atoms with Gasteiger partial charge in [-0.05, 0) is 31.9 Å². The SMILES string of the molecule is CC1(O)CCN(C(=O)c2cnc3ccccn3c2=O)CC1. The predicted octanol–water partition coefficient (Wildman–Crippen LogP) is 0.682. The highest BCUT2D eigenvalue weighted by atomic mass is 16.3. The molecule has 0 aliphatic carbocycles. The van der Waals surface area contributed by atoms with Crippen LogP contribution in [0.2, 0.25) is 0 Å². The molecule has 6 heteroatoms. The van der Waals surface area contributed by atoms with E-state index in [1.54, 1.807) is 36.2 Å². The third-order valence-corrected chi connectivity index (χ3v) is 3.97. The van der Waals surface area contributed by atoms with Crippen molar-refractivity contribution in [3.63, 3.8) is 0 Å². The number of aliphatic hydroxyl groups is 1. The van der Waals surface area contributed by atoms with Crippen molar-refractivity contribution in [3.05, 3.63) is 46.5 Å². The summed E-state index contributed by atoms with van der Waals surface area (Å²) in [5.74, 6) is -0.318. The summed E-state index contributed by atoms with van der Waals surface area (Å²) in [6, 6.07) is 5.23. The van der Waals surface area contributed by atoms with Crippen LogP contribution < -0.4 is 5.56 Å². The Bertz CT molecular complexity index is 741. The van der Waals surface area contributed by atoms with Gasteiger partial charge in [0.25, 0.3) is 11.5 Å². The molecule has 1 N–H and O–H groups in total. The second-order valence-electron chi connectivity index (χ2n) is 5.70. The van der Waals surface area contributed by atoms with E-state index in [9.17, 15) is 14.7 Å². The van der Waals surface area contributed by atoms with Crippen LogP contribution >= 0.6 is 0 Å². The molecule has 0 unspecified atom stereocenters. The zero-order valence-electron chi connectivity index (χ0n) is 11.8. The zero-order valence-corrected chi connectivity index (χ0v) is 11.8. The fraction of sp³-hybridized carbons (Fsp3) is 0.400. The maximum atomic E-state index is 12.5. The molecule has 0 spiro atoms. The maximum absolute atomic E-state index is 12.5. The molecule has 0 radical (unpaired) electrons. The van der Waals surface area contributed by atoms with Crippen LogP contribution in [-0.4, -0.2) is 44.0 Å². The summed E-state index contributed by atoms with van der Waals surface area (Å²) in [6.45, 7) is 2.66. The predicted molar refractivity (Wildman–Crippen MR) is 77.2 cm³/mol. The Labute approximate surface area is 121 Å². The molecule has 2 aromatic rings. The number of likely N-dealkylation sites (tertiary alicyclic amines) is 1. The van der Waals surface area contributed by atoms with Crippen LogP contribution in [0.4, 0.5) is 0 Å². The summed E-state index contributed by atoms with van der Waals surface area (Å²) in [5.41, 5.74) is -0.503. The number of carbonyl (C=O) groups is 1. The summed E-state index contributed by atoms with van der Waals surface area (Å²) in [4.78, 5) is 30.6. The van der Waals surface area contributed by atoms with Gasteiger partial charge in [-0.25, -0.2) is 4.98 Å². The Morgan fingerprint density at radius 1 is 1.33 bits per heavy atom. The summed E-state index contributed by atoms with van der Waals surface area (Å²) in [5, 5.41) is 9.92. The van der Waals surface area contributed by atoms with Crippen LogP contribution in [0.5, 0.6) is 0 Å². The molecule has 21 heavy (non-hydrogen) atoms. The number of amides is 1. The van der Waals surface area contributed by atoms with E-state index < -0.39 is 5.60 Å². The normalized spacial score (nSPS) is 17.9. The lowest BCUT2D eigenvalue weighted by Gasteiger charge is -2.35. The van der Waals surface area contributed by atoms with E-state index in [0.29, 0.717) is 31.6 Å². The topological polar surface area (TPSA) is 74.9 Å². The molecule has 1 amide bonds. The van der Waals surface area contributed by atoms with Crippen LogP contribution in [0.25, 0.3) is 5.65 Å². The van der Waals surface area contributed by atoms with Crippen LogP contribution in [-0.2, 0) is 0 Å². The molecular formula is C15H17N3O3. The van der Waals surface area contributed by atoms with Crippen molar-refractivity contribution in [2.45, 2.75) is 25.4 Å². The van der Waals surface area contributed by atoms with Gasteiger partial charge in [0.2, 0.25) is 0 Å². The average Bonchev–Trinajstić information content (AvgIpc) is 2.47. The lowest BCUT2D eigenvalue weighted by Crippen LogP contribution is -2.46. The zero-order chi connectivity index (χ0) is 15.0. The van der Waals surface area contributed by atoms with E-state index in [1.165, 1.54) is 10.6 Å². The minimum Gasteiger partial charge on any atom is -0.390 e. The first-order valence-electron chi connectivity index (χ1n) is 6.96. The number of fused-ring (bicyclic) bond motifs is 1. The average molecular weight is 287 g/mol. The summed E-state index contributed by atoms with van der Waals surface area (Å²) >= 11 is 0. The number of rotatable bonds is 1. The first kappa shape index (κ1) is 13.8. The highest BCUT2D eigenvalue weighted by Crippen LogP contribution is 2.21. The van der Waals surface area contributed by atoms with Crippen LogP contribution in [0, 0.1) is 0 Å². The second-order valence-corrected chi connectivity index (χ2v) is 5.70. The molecule has 6 nitrogen and oxygen atoms in total. The van der Waals surface area contributed by atoms with Crippen molar-refractivity contribution in [3.8, 4) is 0 Å². The van der Waals surface area contributed by atoms with Gasteiger partial charge in [-0.2, -0.15) is 0 Å². The van der Waals surface area contributed by atoms with Gasteiger partial charge in [0.05, 0.1) is 5.60 Å². The number of nitrogens with zero attached hydrogens (tertiary/aromatic N) is 3. The van der Waals surface area contributed by atoms with E-state index in [0.717, 1.165) is 0 Å². The van der Waals surface area contributed by atoms with Gasteiger partial charge >= 0.3 is 0 Å². The highest BCUT2D eigenvalue weighted by molar-refractivity contribution is 5.93. The minimum atomic E-state index is -0.729. The van der Waals surface area contributed by atoms with Gasteiger partial charge in [-0.15, -0.1) is 0 Å². The third kappa shape index (κ3) is 2.54. The molecule has 1 saturated heterocycles. The molecule has 1 aliphatic rings. The number of piperidine rings is 1. The monoisotopic (exact) mass is 287 g/mol. The standard InChI is InChI=1S/C15H17N3O3/c1-15(21)5-8-17(9-6-15)13(19)11-10-16-12-4-2-3-7-18(12)14(11)20/h2-4,7,10,21H,5-6,8-9H2,1H3. The molecular weight excluding hydrogens is 270 g/mol. The van der Waals surface area contributed by atoms with E-state index in [2.05, 4.69) is 4.98 Å². The number of aromatic nitrogens is 2. The smallest absolute Gasteiger partial charge is 0.270 e. The number of hydrogen-bond donors (Lipinski definition) is 1. The minimum absolute atomic E-state index is 0.0697. The van der Waals surface area contributed by atoms with Crippen molar-refractivity contribution in [2.75, 3.05) is 13.1 Å². The van der Waals surface area contributed by atoms with Crippen molar-refractivity contribution >= 4 is 11.6 Å². The maximum Gasteiger partial charge on any atom is 0.270 e. The largest absolute Gasteiger partial charge is 0.390 e. The first-order valence-corrected chi connectivity index (χ1v) is 6.96. The molecule has 110 valence electrons.